The molecule has 0 radical (unpaired) electrons. The van der Waals surface area contributed by atoms with Gasteiger partial charge in [0.1, 0.15) is 27.8 Å². The molecule has 0 spiro atoms. The number of rotatable bonds is 7. The maximum Gasteiger partial charge on any atom is 0.245 e. The second kappa shape index (κ2) is 10.9. The minimum atomic E-state index is -4.18. The number of fused-ring (bicyclic) bond motifs is 1. The first-order chi connectivity index (χ1) is 18.7. The van der Waals surface area contributed by atoms with Crippen molar-refractivity contribution in [1.29, 1.82) is 0 Å². The first-order valence-electron chi connectivity index (χ1n) is 12.3. The van der Waals surface area contributed by atoms with Crippen LogP contribution in [0.25, 0.3) is 10.2 Å². The predicted molar refractivity (Wildman–Crippen MR) is 144 cm³/mol. The largest absolute Gasteiger partial charge is 0.494 e. The molecule has 1 amide bonds. The lowest BCUT2D eigenvalue weighted by atomic mass is 9.96. The number of anilines is 1. The summed E-state index contributed by atoms with van der Waals surface area (Å²) in [5, 5.41) is 0.509. The second-order valence-corrected chi connectivity index (χ2v) is 12.2. The Balaban J connectivity index is 1.41. The molecule has 0 aliphatic carbocycles. The van der Waals surface area contributed by atoms with Gasteiger partial charge in [0.2, 0.25) is 15.9 Å². The van der Waals surface area contributed by atoms with E-state index in [0.717, 1.165) is 32.3 Å². The number of sulfonamides is 1. The van der Waals surface area contributed by atoms with Gasteiger partial charge in [-0.05, 0) is 55.2 Å². The molecule has 1 fully saturated rings. The summed E-state index contributed by atoms with van der Waals surface area (Å²) in [6.45, 7) is 2.27. The van der Waals surface area contributed by atoms with Crippen LogP contribution < -0.4 is 9.64 Å². The highest BCUT2D eigenvalue weighted by atomic mass is 32.2. The zero-order valence-corrected chi connectivity index (χ0v) is 22.9. The molecule has 39 heavy (non-hydrogen) atoms. The Morgan fingerprint density at radius 3 is 2.62 bits per heavy atom. The van der Waals surface area contributed by atoms with E-state index in [1.54, 1.807) is 30.5 Å². The molecule has 204 valence electrons. The molecular weight excluding hydrogens is 546 g/mol. The molecular formula is C27H26F2N4O4S2. The van der Waals surface area contributed by atoms with Crippen LogP contribution in [0.15, 0.2) is 59.8 Å². The molecule has 0 atom stereocenters. The number of pyridine rings is 1. The van der Waals surface area contributed by atoms with Gasteiger partial charge in [-0.3, -0.25) is 14.7 Å². The van der Waals surface area contributed by atoms with Gasteiger partial charge in [-0.2, -0.15) is 4.31 Å². The summed E-state index contributed by atoms with van der Waals surface area (Å²) in [5.74, 6) is -2.04. The smallest absolute Gasteiger partial charge is 0.245 e. The number of ether oxygens (including phenoxy) is 1. The van der Waals surface area contributed by atoms with Gasteiger partial charge in [-0.1, -0.05) is 23.5 Å². The number of aromatic nitrogens is 2. The number of amides is 1. The standard InChI is InChI=1S/C27H26F2N4O4S2/c1-17-5-7-22(37-2)24-25(17)38-27(31-24)33(16-18-4-3-11-30-15-18)26(34)19-9-12-32(13-10-19)39(35,36)23-8-6-20(28)14-21(23)29/h3-8,11,14-15,19H,9-10,12-13,16H2,1-2H3. The Labute approximate surface area is 228 Å². The highest BCUT2D eigenvalue weighted by Gasteiger charge is 2.36. The summed E-state index contributed by atoms with van der Waals surface area (Å²) >= 11 is 1.39. The Morgan fingerprint density at radius 1 is 1.18 bits per heavy atom. The molecule has 0 saturated carbocycles. The first-order valence-corrected chi connectivity index (χ1v) is 14.5. The topological polar surface area (TPSA) is 92.7 Å². The van der Waals surface area contributed by atoms with E-state index in [9.17, 15) is 22.0 Å². The average molecular weight is 573 g/mol. The lowest BCUT2D eigenvalue weighted by Crippen LogP contribution is -2.44. The van der Waals surface area contributed by atoms with Gasteiger partial charge in [0.05, 0.1) is 18.4 Å². The molecule has 2 aromatic heterocycles. The summed E-state index contributed by atoms with van der Waals surface area (Å²) in [7, 11) is -2.60. The zero-order valence-electron chi connectivity index (χ0n) is 21.3. The summed E-state index contributed by atoms with van der Waals surface area (Å²) in [5.41, 5.74) is 2.50. The zero-order chi connectivity index (χ0) is 27.7. The first kappa shape index (κ1) is 27.1. The van der Waals surface area contributed by atoms with Crippen molar-refractivity contribution in [3.05, 3.63) is 77.6 Å². The van der Waals surface area contributed by atoms with Gasteiger partial charge in [0.15, 0.2) is 5.13 Å². The fourth-order valence-electron chi connectivity index (χ4n) is 4.68. The molecule has 0 N–H and O–H groups in total. The molecule has 1 aliphatic heterocycles. The maximum atomic E-state index is 14.3. The minimum Gasteiger partial charge on any atom is -0.494 e. The summed E-state index contributed by atoms with van der Waals surface area (Å²) in [6, 6.07) is 9.84. The quantitative estimate of drug-likeness (QED) is 0.312. The third-order valence-electron chi connectivity index (χ3n) is 6.79. The SMILES string of the molecule is COc1ccc(C)c2sc(N(Cc3cccnc3)C(=O)C3CCN(S(=O)(=O)c4ccc(F)cc4F)CC3)nc12. The van der Waals surface area contributed by atoms with Gasteiger partial charge in [0.25, 0.3) is 0 Å². The number of hydrogen-bond acceptors (Lipinski definition) is 7. The average Bonchev–Trinajstić information content (AvgIpc) is 3.38. The predicted octanol–water partition coefficient (Wildman–Crippen LogP) is 4.92. The minimum absolute atomic E-state index is 0.0308. The van der Waals surface area contributed by atoms with Crippen molar-refractivity contribution >= 4 is 42.6 Å². The fraction of sp³-hybridized carbons (Fsp3) is 0.296. The lowest BCUT2D eigenvalue weighted by molar-refractivity contribution is -0.123. The van der Waals surface area contributed by atoms with E-state index in [1.807, 2.05) is 25.1 Å². The normalized spacial score (nSPS) is 15.0. The molecule has 1 saturated heterocycles. The van der Waals surface area contributed by atoms with Gasteiger partial charge >= 0.3 is 0 Å². The van der Waals surface area contributed by atoms with Crippen molar-refractivity contribution in [3.8, 4) is 5.75 Å². The van der Waals surface area contributed by atoms with Crippen LogP contribution in [-0.2, 0) is 21.4 Å². The molecule has 2 aromatic carbocycles. The van der Waals surface area contributed by atoms with E-state index in [0.29, 0.717) is 22.5 Å². The van der Waals surface area contributed by atoms with Crippen LogP contribution in [-0.4, -0.2) is 48.8 Å². The Bertz CT molecular complexity index is 1620. The number of carbonyl (C=O) groups is 1. The lowest BCUT2D eigenvalue weighted by Gasteiger charge is -2.33. The summed E-state index contributed by atoms with van der Waals surface area (Å²) < 4.78 is 61.2. The number of methoxy groups -OCH3 is 1. The molecule has 0 bridgehead atoms. The number of halogens is 2. The van der Waals surface area contributed by atoms with Crippen molar-refractivity contribution in [2.75, 3.05) is 25.1 Å². The van der Waals surface area contributed by atoms with Gasteiger partial charge in [-0.25, -0.2) is 22.2 Å². The van der Waals surface area contributed by atoms with Crippen molar-refractivity contribution in [3.63, 3.8) is 0 Å². The molecule has 3 heterocycles. The van der Waals surface area contributed by atoms with E-state index in [1.165, 1.54) is 11.3 Å². The Hall–Kier alpha value is -3.48. The number of carbonyl (C=O) groups excluding carboxylic acids is 1. The van der Waals surface area contributed by atoms with E-state index in [2.05, 4.69) is 4.98 Å². The molecule has 0 unspecified atom stereocenters. The summed E-state index contributed by atoms with van der Waals surface area (Å²) in [6.07, 6.45) is 3.84. The molecule has 8 nitrogen and oxygen atoms in total. The number of hydrogen-bond donors (Lipinski definition) is 0. The van der Waals surface area contributed by atoms with Gasteiger partial charge in [0, 0.05) is 37.5 Å². The van der Waals surface area contributed by atoms with Crippen LogP contribution in [0.3, 0.4) is 0 Å². The third kappa shape index (κ3) is 5.36. The van der Waals surface area contributed by atoms with E-state index < -0.39 is 32.5 Å². The van der Waals surface area contributed by atoms with E-state index in [4.69, 9.17) is 9.72 Å². The number of thiazole rings is 1. The Morgan fingerprint density at radius 2 is 1.95 bits per heavy atom. The van der Waals surface area contributed by atoms with Crippen LogP contribution in [0.5, 0.6) is 5.75 Å². The number of nitrogens with zero attached hydrogens (tertiary/aromatic N) is 4. The van der Waals surface area contributed by atoms with Crippen LogP contribution >= 0.6 is 11.3 Å². The monoisotopic (exact) mass is 572 g/mol. The van der Waals surface area contributed by atoms with Crippen molar-refractivity contribution < 1.29 is 26.7 Å². The van der Waals surface area contributed by atoms with Gasteiger partial charge < -0.3 is 4.74 Å². The van der Waals surface area contributed by atoms with E-state index >= 15 is 0 Å². The van der Waals surface area contributed by atoms with Crippen LogP contribution in [0.1, 0.15) is 24.0 Å². The highest BCUT2D eigenvalue weighted by molar-refractivity contribution is 7.89. The Kier molecular flexibility index (Phi) is 7.61. The molecule has 12 heteroatoms. The number of aryl methyl sites for hydroxylation is 1. The van der Waals surface area contributed by atoms with Crippen molar-refractivity contribution in [2.24, 2.45) is 5.92 Å². The maximum absolute atomic E-state index is 14.3. The second-order valence-electron chi connectivity index (χ2n) is 9.30. The summed E-state index contributed by atoms with van der Waals surface area (Å²) in [4.78, 5) is 23.9. The van der Waals surface area contributed by atoms with E-state index in [-0.39, 0.29) is 38.4 Å². The van der Waals surface area contributed by atoms with Crippen LogP contribution in [0.2, 0.25) is 0 Å². The molecule has 5 rings (SSSR count). The molecule has 1 aliphatic rings. The third-order valence-corrected chi connectivity index (χ3v) is 9.93. The number of benzene rings is 2. The van der Waals surface area contributed by atoms with Crippen LogP contribution in [0, 0.1) is 24.5 Å². The molecule has 4 aromatic rings. The van der Waals surface area contributed by atoms with Crippen LogP contribution in [0.4, 0.5) is 13.9 Å². The van der Waals surface area contributed by atoms with Crippen molar-refractivity contribution in [2.45, 2.75) is 31.2 Å². The number of piperidine rings is 1. The fourth-order valence-corrected chi connectivity index (χ4v) is 7.25. The van der Waals surface area contributed by atoms with Gasteiger partial charge in [-0.15, -0.1) is 0 Å². The highest BCUT2D eigenvalue weighted by Crippen LogP contribution is 2.38. The van der Waals surface area contributed by atoms with Crippen molar-refractivity contribution in [1.82, 2.24) is 14.3 Å².